The molecule has 3 rings (SSSR count). The number of hydrogen-bond donors (Lipinski definition) is 1. The van der Waals surface area contributed by atoms with E-state index in [4.69, 9.17) is 13.9 Å². The second-order valence-electron chi connectivity index (χ2n) is 5.92. The first-order chi connectivity index (χ1) is 12.0. The van der Waals surface area contributed by atoms with Crippen molar-refractivity contribution in [3.8, 4) is 11.5 Å². The molecule has 2 amide bonds. The maximum Gasteiger partial charge on any atom is 0.255 e. The Morgan fingerprint density at radius 3 is 2.76 bits per heavy atom. The number of nitrogens with zero attached hydrogens (tertiary/aromatic N) is 1. The van der Waals surface area contributed by atoms with Crippen molar-refractivity contribution in [1.29, 1.82) is 0 Å². The number of furan rings is 1. The van der Waals surface area contributed by atoms with Crippen LogP contribution in [0.3, 0.4) is 0 Å². The monoisotopic (exact) mass is 344 g/mol. The van der Waals surface area contributed by atoms with E-state index in [9.17, 15) is 9.59 Å². The molecule has 0 aliphatic carbocycles. The highest BCUT2D eigenvalue weighted by Gasteiger charge is 2.26. The molecule has 132 valence electrons. The van der Waals surface area contributed by atoms with Gasteiger partial charge in [0.15, 0.2) is 17.6 Å². The van der Waals surface area contributed by atoms with E-state index in [1.54, 1.807) is 20.0 Å². The zero-order valence-corrected chi connectivity index (χ0v) is 14.1. The fourth-order valence-electron chi connectivity index (χ4n) is 2.61. The molecule has 1 aliphatic heterocycles. The van der Waals surface area contributed by atoms with Crippen molar-refractivity contribution in [2.75, 3.05) is 20.2 Å². The van der Waals surface area contributed by atoms with E-state index in [-0.39, 0.29) is 17.9 Å². The van der Waals surface area contributed by atoms with Gasteiger partial charge in [-0.05, 0) is 25.1 Å². The van der Waals surface area contributed by atoms with E-state index >= 15 is 0 Å². The molecule has 0 radical (unpaired) electrons. The summed E-state index contributed by atoms with van der Waals surface area (Å²) in [5.74, 6) is 0.808. The van der Waals surface area contributed by atoms with E-state index in [0.29, 0.717) is 30.2 Å². The number of carbonyl (C=O) groups excluding carboxylic acids is 2. The van der Waals surface area contributed by atoms with E-state index < -0.39 is 6.04 Å². The van der Waals surface area contributed by atoms with Crippen molar-refractivity contribution in [2.24, 2.45) is 0 Å². The molecule has 2 aromatic rings. The highest BCUT2D eigenvalue weighted by atomic mass is 16.6. The number of amides is 2. The molecule has 0 saturated carbocycles. The van der Waals surface area contributed by atoms with Crippen molar-refractivity contribution < 1.29 is 23.5 Å². The lowest BCUT2D eigenvalue weighted by Gasteiger charge is -2.30. The van der Waals surface area contributed by atoms with Crippen LogP contribution in [0.15, 0.2) is 47.3 Å². The van der Waals surface area contributed by atoms with Gasteiger partial charge < -0.3 is 24.1 Å². The van der Waals surface area contributed by atoms with Gasteiger partial charge in [-0.1, -0.05) is 12.1 Å². The fraction of sp³-hybridized carbons (Fsp3) is 0.333. The summed E-state index contributed by atoms with van der Waals surface area (Å²) >= 11 is 0. The standard InChI is InChI=1S/C18H20N2O5/c1-12(19-17(21)13-7-8-23-10-13)18(22)20(2)9-14-11-24-15-5-3-4-6-16(15)25-14/h3-8,10,12,14H,9,11H2,1-2H3,(H,19,21)/t12-,14-/m0/s1. The van der Waals surface area contributed by atoms with Crippen LogP contribution in [-0.4, -0.2) is 49.1 Å². The topological polar surface area (TPSA) is 81.0 Å². The number of carbonyl (C=O) groups is 2. The fourth-order valence-corrected chi connectivity index (χ4v) is 2.61. The highest BCUT2D eigenvalue weighted by molar-refractivity contribution is 5.97. The second-order valence-corrected chi connectivity index (χ2v) is 5.92. The smallest absolute Gasteiger partial charge is 0.255 e. The maximum atomic E-state index is 12.5. The van der Waals surface area contributed by atoms with Gasteiger partial charge in [0.25, 0.3) is 5.91 Å². The van der Waals surface area contributed by atoms with Gasteiger partial charge in [-0.3, -0.25) is 9.59 Å². The Morgan fingerprint density at radius 2 is 2.04 bits per heavy atom. The molecule has 0 unspecified atom stereocenters. The average molecular weight is 344 g/mol. The Balaban J connectivity index is 1.53. The lowest BCUT2D eigenvalue weighted by Crippen LogP contribution is -2.49. The van der Waals surface area contributed by atoms with Crippen LogP contribution in [0.1, 0.15) is 17.3 Å². The Morgan fingerprint density at radius 1 is 1.28 bits per heavy atom. The van der Waals surface area contributed by atoms with Crippen LogP contribution >= 0.6 is 0 Å². The molecule has 1 aromatic carbocycles. The molecule has 25 heavy (non-hydrogen) atoms. The Labute approximate surface area is 145 Å². The second kappa shape index (κ2) is 7.29. The molecule has 0 fully saturated rings. The highest BCUT2D eigenvalue weighted by Crippen LogP contribution is 2.30. The number of rotatable bonds is 5. The first-order valence-electron chi connectivity index (χ1n) is 8.01. The van der Waals surface area contributed by atoms with E-state index in [2.05, 4.69) is 5.32 Å². The zero-order chi connectivity index (χ0) is 17.8. The largest absolute Gasteiger partial charge is 0.486 e. The summed E-state index contributed by atoms with van der Waals surface area (Å²) in [5, 5.41) is 2.65. The third kappa shape index (κ3) is 3.93. The van der Waals surface area contributed by atoms with Crippen molar-refractivity contribution in [2.45, 2.75) is 19.1 Å². The van der Waals surface area contributed by atoms with E-state index in [1.807, 2.05) is 24.3 Å². The molecule has 7 nitrogen and oxygen atoms in total. The molecular formula is C18H20N2O5. The van der Waals surface area contributed by atoms with Gasteiger partial charge in [-0.15, -0.1) is 0 Å². The average Bonchev–Trinajstić information content (AvgIpc) is 3.15. The number of nitrogens with one attached hydrogen (secondary N) is 1. The predicted octanol–water partition coefficient (Wildman–Crippen LogP) is 1.70. The van der Waals surface area contributed by atoms with E-state index in [0.717, 1.165) is 0 Å². The van der Waals surface area contributed by atoms with Crippen molar-refractivity contribution in [3.05, 3.63) is 48.4 Å². The van der Waals surface area contributed by atoms with Crippen LogP contribution < -0.4 is 14.8 Å². The van der Waals surface area contributed by atoms with Gasteiger partial charge in [0, 0.05) is 7.05 Å². The summed E-state index contributed by atoms with van der Waals surface area (Å²) in [5.41, 5.74) is 0.378. The lowest BCUT2D eigenvalue weighted by molar-refractivity contribution is -0.132. The third-order valence-electron chi connectivity index (χ3n) is 3.92. The Bertz CT molecular complexity index is 744. The van der Waals surface area contributed by atoms with Crippen LogP contribution in [0.25, 0.3) is 0 Å². The molecule has 1 aromatic heterocycles. The van der Waals surface area contributed by atoms with Gasteiger partial charge in [0.2, 0.25) is 5.91 Å². The molecule has 7 heteroatoms. The van der Waals surface area contributed by atoms with Gasteiger partial charge in [-0.2, -0.15) is 0 Å². The molecular weight excluding hydrogens is 324 g/mol. The van der Waals surface area contributed by atoms with Gasteiger partial charge in [0.1, 0.15) is 18.9 Å². The van der Waals surface area contributed by atoms with Crippen molar-refractivity contribution >= 4 is 11.8 Å². The molecule has 2 atom stereocenters. The zero-order valence-electron chi connectivity index (χ0n) is 14.1. The summed E-state index contributed by atoms with van der Waals surface area (Å²) in [6, 6.07) is 8.30. The minimum absolute atomic E-state index is 0.209. The quantitative estimate of drug-likeness (QED) is 0.893. The summed E-state index contributed by atoms with van der Waals surface area (Å²) in [4.78, 5) is 26.0. The lowest BCUT2D eigenvalue weighted by atomic mass is 10.2. The van der Waals surface area contributed by atoms with Crippen LogP contribution in [0.4, 0.5) is 0 Å². The first kappa shape index (κ1) is 16.9. The number of likely N-dealkylation sites (N-methyl/N-ethyl adjacent to an activating group) is 1. The Hall–Kier alpha value is -2.96. The SMILES string of the molecule is C[C@H](NC(=O)c1ccoc1)C(=O)N(C)C[C@H]1COc2ccccc2O1. The minimum atomic E-state index is -0.663. The summed E-state index contributed by atoms with van der Waals surface area (Å²) < 4.78 is 16.4. The van der Waals surface area contributed by atoms with Crippen LogP contribution in [0.2, 0.25) is 0 Å². The maximum absolute atomic E-state index is 12.5. The molecule has 0 bridgehead atoms. The summed E-state index contributed by atoms with van der Waals surface area (Å²) in [7, 11) is 1.67. The van der Waals surface area contributed by atoms with E-state index in [1.165, 1.54) is 17.4 Å². The number of hydrogen-bond acceptors (Lipinski definition) is 5. The molecule has 0 spiro atoms. The van der Waals surface area contributed by atoms with Crippen LogP contribution in [0, 0.1) is 0 Å². The molecule has 1 aliphatic rings. The third-order valence-corrected chi connectivity index (χ3v) is 3.92. The van der Waals surface area contributed by atoms with Crippen LogP contribution in [-0.2, 0) is 4.79 Å². The number of para-hydroxylation sites is 2. The predicted molar refractivity (Wildman–Crippen MR) is 89.6 cm³/mol. The molecule has 1 N–H and O–H groups in total. The van der Waals surface area contributed by atoms with Gasteiger partial charge in [-0.25, -0.2) is 0 Å². The Kier molecular flexibility index (Phi) is 4.92. The van der Waals surface area contributed by atoms with Crippen LogP contribution in [0.5, 0.6) is 11.5 Å². The summed E-state index contributed by atoms with van der Waals surface area (Å²) in [6.45, 7) is 2.37. The normalized spacial score (nSPS) is 16.8. The number of benzene rings is 1. The molecule has 2 heterocycles. The van der Waals surface area contributed by atoms with Gasteiger partial charge >= 0.3 is 0 Å². The van der Waals surface area contributed by atoms with Gasteiger partial charge in [0.05, 0.1) is 18.4 Å². The number of ether oxygens (including phenoxy) is 2. The van der Waals surface area contributed by atoms with Crippen molar-refractivity contribution in [1.82, 2.24) is 10.2 Å². The van der Waals surface area contributed by atoms with Crippen molar-refractivity contribution in [3.63, 3.8) is 0 Å². The minimum Gasteiger partial charge on any atom is -0.486 e. The number of fused-ring (bicyclic) bond motifs is 1. The first-order valence-corrected chi connectivity index (χ1v) is 8.01. The summed E-state index contributed by atoms with van der Waals surface area (Å²) in [6.07, 6.45) is 2.48. The molecule has 0 saturated heterocycles.